The highest BCUT2D eigenvalue weighted by atomic mass is 15.1. The highest BCUT2D eigenvalue weighted by Gasteiger charge is 2.22. The molecule has 2 aromatic rings. The smallest absolute Gasteiger partial charge is 0.0737 e. The minimum atomic E-state index is 0.652. The van der Waals surface area contributed by atoms with Crippen LogP contribution in [0.15, 0.2) is 30.5 Å². The van der Waals surface area contributed by atoms with Gasteiger partial charge in [0.15, 0.2) is 0 Å². The molecule has 0 aliphatic carbocycles. The molecule has 0 bridgehead atoms. The van der Waals surface area contributed by atoms with Gasteiger partial charge in [0, 0.05) is 18.1 Å². The maximum absolute atomic E-state index is 4.70. The summed E-state index contributed by atoms with van der Waals surface area (Å²) < 4.78 is 0. The number of aromatic nitrogens is 1. The SMILES string of the molecule is CCc1cnc2c(C3CCN(C)C3)cccc2c1. The number of hydrogen-bond donors (Lipinski definition) is 0. The van der Waals surface area contributed by atoms with Crippen molar-refractivity contribution >= 4 is 10.9 Å². The Hall–Kier alpha value is -1.41. The maximum atomic E-state index is 4.70. The zero-order chi connectivity index (χ0) is 12.5. The van der Waals surface area contributed by atoms with Crippen molar-refractivity contribution in [2.75, 3.05) is 20.1 Å². The van der Waals surface area contributed by atoms with Crippen LogP contribution in [0.2, 0.25) is 0 Å². The molecule has 1 aromatic carbocycles. The van der Waals surface area contributed by atoms with E-state index in [1.165, 1.54) is 35.0 Å². The first kappa shape index (κ1) is 11.7. The Morgan fingerprint density at radius 2 is 2.28 bits per heavy atom. The van der Waals surface area contributed by atoms with Crippen molar-refractivity contribution in [1.29, 1.82) is 0 Å². The first-order valence-electron chi connectivity index (χ1n) is 6.84. The molecule has 0 N–H and O–H groups in total. The molecule has 3 rings (SSSR count). The average molecular weight is 240 g/mol. The molecule has 1 aromatic heterocycles. The molecule has 18 heavy (non-hydrogen) atoms. The Labute approximate surface area is 109 Å². The van der Waals surface area contributed by atoms with E-state index in [-0.39, 0.29) is 0 Å². The molecule has 1 aliphatic heterocycles. The molecule has 0 spiro atoms. The summed E-state index contributed by atoms with van der Waals surface area (Å²) in [6.07, 6.45) is 4.34. The van der Waals surface area contributed by atoms with Crippen LogP contribution in [-0.4, -0.2) is 30.0 Å². The molecule has 94 valence electrons. The van der Waals surface area contributed by atoms with E-state index >= 15 is 0 Å². The van der Waals surface area contributed by atoms with E-state index in [2.05, 4.69) is 43.1 Å². The number of likely N-dealkylation sites (tertiary alicyclic amines) is 1. The number of para-hydroxylation sites is 1. The summed E-state index contributed by atoms with van der Waals surface area (Å²) in [5.74, 6) is 0.652. The number of rotatable bonds is 2. The van der Waals surface area contributed by atoms with E-state index < -0.39 is 0 Å². The standard InChI is InChI=1S/C16H20N2/c1-3-12-9-13-5-4-6-15(16(13)17-10-12)14-7-8-18(2)11-14/h4-6,9-10,14H,3,7-8,11H2,1-2H3. The van der Waals surface area contributed by atoms with Gasteiger partial charge in [0.25, 0.3) is 0 Å². The molecule has 1 atom stereocenters. The van der Waals surface area contributed by atoms with Crippen LogP contribution in [0.25, 0.3) is 10.9 Å². The number of hydrogen-bond acceptors (Lipinski definition) is 2. The number of likely N-dealkylation sites (N-methyl/N-ethyl adjacent to an activating group) is 1. The Balaban J connectivity index is 2.07. The Morgan fingerprint density at radius 1 is 1.39 bits per heavy atom. The van der Waals surface area contributed by atoms with Gasteiger partial charge < -0.3 is 4.90 Å². The first-order valence-corrected chi connectivity index (χ1v) is 6.84. The van der Waals surface area contributed by atoms with Gasteiger partial charge in [-0.3, -0.25) is 4.98 Å². The van der Waals surface area contributed by atoms with Crippen LogP contribution in [0.4, 0.5) is 0 Å². The number of fused-ring (bicyclic) bond motifs is 1. The molecular formula is C16H20N2. The molecule has 1 saturated heterocycles. The largest absolute Gasteiger partial charge is 0.306 e. The molecule has 0 amide bonds. The monoisotopic (exact) mass is 240 g/mol. The summed E-state index contributed by atoms with van der Waals surface area (Å²) in [5, 5.41) is 1.29. The van der Waals surface area contributed by atoms with Crippen LogP contribution >= 0.6 is 0 Å². The van der Waals surface area contributed by atoms with Crippen molar-refractivity contribution < 1.29 is 0 Å². The van der Waals surface area contributed by atoms with Crippen LogP contribution in [0.3, 0.4) is 0 Å². The lowest BCUT2D eigenvalue weighted by molar-refractivity contribution is 0.412. The predicted octanol–water partition coefficient (Wildman–Crippen LogP) is 3.22. The topological polar surface area (TPSA) is 16.1 Å². The second-order valence-electron chi connectivity index (χ2n) is 5.36. The highest BCUT2D eigenvalue weighted by Crippen LogP contribution is 2.31. The van der Waals surface area contributed by atoms with Gasteiger partial charge in [-0.25, -0.2) is 0 Å². The van der Waals surface area contributed by atoms with Crippen LogP contribution in [0.5, 0.6) is 0 Å². The number of aryl methyl sites for hydroxylation is 1. The molecule has 2 heteroatoms. The zero-order valence-electron chi connectivity index (χ0n) is 11.2. The number of pyridine rings is 1. The Morgan fingerprint density at radius 3 is 3.00 bits per heavy atom. The Kier molecular flexibility index (Phi) is 3.04. The van der Waals surface area contributed by atoms with Crippen molar-refractivity contribution in [3.63, 3.8) is 0 Å². The summed E-state index contributed by atoms with van der Waals surface area (Å²) in [5.41, 5.74) is 3.96. The van der Waals surface area contributed by atoms with Crippen molar-refractivity contribution in [3.05, 3.63) is 41.6 Å². The summed E-state index contributed by atoms with van der Waals surface area (Å²) in [7, 11) is 2.20. The van der Waals surface area contributed by atoms with Gasteiger partial charge >= 0.3 is 0 Å². The van der Waals surface area contributed by atoms with Crippen LogP contribution in [0, 0.1) is 0 Å². The molecule has 1 aliphatic rings. The number of nitrogens with zero attached hydrogens (tertiary/aromatic N) is 2. The second-order valence-corrected chi connectivity index (χ2v) is 5.36. The average Bonchev–Trinajstić information content (AvgIpc) is 2.84. The lowest BCUT2D eigenvalue weighted by atomic mass is 9.95. The lowest BCUT2D eigenvalue weighted by Crippen LogP contribution is -2.13. The normalized spacial score (nSPS) is 20.7. The van der Waals surface area contributed by atoms with Gasteiger partial charge in [-0.05, 0) is 49.5 Å². The van der Waals surface area contributed by atoms with Gasteiger partial charge in [-0.1, -0.05) is 25.1 Å². The van der Waals surface area contributed by atoms with E-state index in [1.54, 1.807) is 0 Å². The van der Waals surface area contributed by atoms with Crippen LogP contribution in [-0.2, 0) is 6.42 Å². The first-order chi connectivity index (χ1) is 8.78. The van der Waals surface area contributed by atoms with Gasteiger partial charge in [0.1, 0.15) is 0 Å². The predicted molar refractivity (Wildman–Crippen MR) is 76.0 cm³/mol. The van der Waals surface area contributed by atoms with Gasteiger partial charge in [-0.2, -0.15) is 0 Å². The minimum Gasteiger partial charge on any atom is -0.306 e. The van der Waals surface area contributed by atoms with Gasteiger partial charge in [0.2, 0.25) is 0 Å². The molecule has 1 fully saturated rings. The lowest BCUT2D eigenvalue weighted by Gasteiger charge is -2.13. The minimum absolute atomic E-state index is 0.652. The third-order valence-electron chi connectivity index (χ3n) is 4.04. The van der Waals surface area contributed by atoms with Gasteiger partial charge in [0.05, 0.1) is 5.52 Å². The molecule has 2 nitrogen and oxygen atoms in total. The van der Waals surface area contributed by atoms with Crippen molar-refractivity contribution in [1.82, 2.24) is 9.88 Å². The third kappa shape index (κ3) is 2.01. The summed E-state index contributed by atoms with van der Waals surface area (Å²) in [6.45, 7) is 4.54. The van der Waals surface area contributed by atoms with Crippen molar-refractivity contribution in [3.8, 4) is 0 Å². The van der Waals surface area contributed by atoms with Crippen molar-refractivity contribution in [2.24, 2.45) is 0 Å². The summed E-state index contributed by atoms with van der Waals surface area (Å²) >= 11 is 0. The highest BCUT2D eigenvalue weighted by molar-refractivity contribution is 5.82. The third-order valence-corrected chi connectivity index (χ3v) is 4.04. The van der Waals surface area contributed by atoms with Crippen LogP contribution < -0.4 is 0 Å². The number of benzene rings is 1. The van der Waals surface area contributed by atoms with E-state index in [1.807, 2.05) is 6.20 Å². The van der Waals surface area contributed by atoms with Crippen LogP contribution in [0.1, 0.15) is 30.4 Å². The van der Waals surface area contributed by atoms with Gasteiger partial charge in [-0.15, -0.1) is 0 Å². The molecule has 0 saturated carbocycles. The Bertz CT molecular complexity index is 562. The fourth-order valence-corrected chi connectivity index (χ4v) is 2.94. The fraction of sp³-hybridized carbons (Fsp3) is 0.438. The quantitative estimate of drug-likeness (QED) is 0.801. The summed E-state index contributed by atoms with van der Waals surface area (Å²) in [4.78, 5) is 7.11. The molecule has 0 radical (unpaired) electrons. The van der Waals surface area contributed by atoms with E-state index in [4.69, 9.17) is 4.98 Å². The second kappa shape index (κ2) is 4.69. The van der Waals surface area contributed by atoms with Crippen molar-refractivity contribution in [2.45, 2.75) is 25.7 Å². The van der Waals surface area contributed by atoms with E-state index in [0.29, 0.717) is 5.92 Å². The molecular weight excluding hydrogens is 220 g/mol. The maximum Gasteiger partial charge on any atom is 0.0737 e. The molecule has 2 heterocycles. The van der Waals surface area contributed by atoms with E-state index in [0.717, 1.165) is 13.0 Å². The zero-order valence-corrected chi connectivity index (χ0v) is 11.2. The fourth-order valence-electron chi connectivity index (χ4n) is 2.94. The van der Waals surface area contributed by atoms with E-state index in [9.17, 15) is 0 Å². The molecule has 1 unspecified atom stereocenters. The summed E-state index contributed by atoms with van der Waals surface area (Å²) in [6, 6.07) is 8.90.